The normalized spacial score (nSPS) is 9.94. The van der Waals surface area contributed by atoms with Crippen molar-refractivity contribution in [1.82, 2.24) is 5.32 Å². The molecule has 0 bridgehead atoms. The second kappa shape index (κ2) is 20.3. The number of rotatable bonds is 5. The first kappa shape index (κ1) is 21.1. The van der Waals surface area contributed by atoms with E-state index in [2.05, 4.69) is 12.2 Å². The molecule has 0 spiro atoms. The maximum Gasteiger partial charge on any atom is 0.290 e. The number of amides is 1. The van der Waals surface area contributed by atoms with Gasteiger partial charge < -0.3 is 27.0 Å². The number of aliphatic hydroxyl groups excluding tert-OH is 1. The quantitative estimate of drug-likeness (QED) is 0.393. The fourth-order valence-corrected chi connectivity index (χ4v) is 0.584. The zero-order valence-electron chi connectivity index (χ0n) is 10.6. The number of nitrogens with two attached hydrogens (primary N) is 2. The summed E-state index contributed by atoms with van der Waals surface area (Å²) in [6.45, 7) is 4.35. The first-order valence-corrected chi connectivity index (χ1v) is 5.42. The molecule has 0 radical (unpaired) electrons. The van der Waals surface area contributed by atoms with Crippen LogP contribution in [0.25, 0.3) is 0 Å². The molecule has 0 aromatic heterocycles. The van der Waals surface area contributed by atoms with Gasteiger partial charge in [0.1, 0.15) is 0 Å². The average molecular weight is 251 g/mol. The first-order chi connectivity index (χ1) is 8.03. The SMILES string of the molecule is CC(CO)NC(=O)CN.CCCCN.O=CO. The zero-order valence-corrected chi connectivity index (χ0v) is 10.6. The summed E-state index contributed by atoms with van der Waals surface area (Å²) < 4.78 is 0. The molecule has 0 aliphatic heterocycles. The molecule has 104 valence electrons. The Kier molecular flexibility index (Phi) is 25.2. The number of carboxylic acid groups (broad SMARTS) is 1. The summed E-state index contributed by atoms with van der Waals surface area (Å²) in [6, 6.07) is -0.193. The van der Waals surface area contributed by atoms with Crippen molar-refractivity contribution in [3.8, 4) is 0 Å². The van der Waals surface area contributed by atoms with Crippen LogP contribution < -0.4 is 16.8 Å². The Hall–Kier alpha value is -1.18. The van der Waals surface area contributed by atoms with Crippen LogP contribution in [0.15, 0.2) is 0 Å². The maximum absolute atomic E-state index is 10.4. The van der Waals surface area contributed by atoms with Crippen LogP contribution in [0.3, 0.4) is 0 Å². The van der Waals surface area contributed by atoms with Crippen molar-refractivity contribution in [1.29, 1.82) is 0 Å². The van der Waals surface area contributed by atoms with E-state index < -0.39 is 0 Å². The second-order valence-electron chi connectivity index (χ2n) is 3.10. The molecule has 0 aromatic carbocycles. The second-order valence-corrected chi connectivity index (χ2v) is 3.10. The van der Waals surface area contributed by atoms with E-state index in [0.717, 1.165) is 6.54 Å². The third kappa shape index (κ3) is 31.3. The van der Waals surface area contributed by atoms with Crippen molar-refractivity contribution in [2.24, 2.45) is 11.5 Å². The molecule has 1 unspecified atom stereocenters. The highest BCUT2D eigenvalue weighted by atomic mass is 16.3. The van der Waals surface area contributed by atoms with E-state index in [1.54, 1.807) is 6.92 Å². The van der Waals surface area contributed by atoms with Crippen LogP contribution in [0.4, 0.5) is 0 Å². The third-order valence-corrected chi connectivity index (χ3v) is 1.42. The highest BCUT2D eigenvalue weighted by Gasteiger charge is 2.01. The average Bonchev–Trinajstić information content (AvgIpc) is 2.31. The molecule has 1 atom stereocenters. The van der Waals surface area contributed by atoms with Gasteiger partial charge in [0.2, 0.25) is 5.91 Å². The summed E-state index contributed by atoms with van der Waals surface area (Å²) in [5, 5.41) is 17.8. The van der Waals surface area contributed by atoms with Gasteiger partial charge in [0.05, 0.1) is 13.2 Å². The number of nitrogens with one attached hydrogen (secondary N) is 1. The van der Waals surface area contributed by atoms with Crippen molar-refractivity contribution in [2.75, 3.05) is 19.7 Å². The lowest BCUT2D eigenvalue weighted by Gasteiger charge is -2.08. The molecule has 0 saturated carbocycles. The van der Waals surface area contributed by atoms with E-state index >= 15 is 0 Å². The maximum atomic E-state index is 10.4. The summed E-state index contributed by atoms with van der Waals surface area (Å²) >= 11 is 0. The molecule has 1 amide bonds. The summed E-state index contributed by atoms with van der Waals surface area (Å²) in [4.78, 5) is 18.8. The van der Waals surface area contributed by atoms with Crippen LogP contribution in [-0.2, 0) is 9.59 Å². The minimum absolute atomic E-state index is 0.0235. The summed E-state index contributed by atoms with van der Waals surface area (Å²) in [7, 11) is 0. The molecule has 7 N–H and O–H groups in total. The van der Waals surface area contributed by atoms with Crippen molar-refractivity contribution >= 4 is 12.4 Å². The molecule has 7 nitrogen and oxygen atoms in total. The highest BCUT2D eigenvalue weighted by molar-refractivity contribution is 5.77. The van der Waals surface area contributed by atoms with E-state index in [4.69, 9.17) is 26.5 Å². The van der Waals surface area contributed by atoms with Gasteiger partial charge in [-0.1, -0.05) is 13.3 Å². The standard InChI is InChI=1S/C5H12N2O2.C4H11N.CH2O2/c1-4(3-8)7-5(9)2-6;1-2-3-4-5;2-1-3/h4,8H,2-3,6H2,1H3,(H,7,9);2-5H2,1H3;1H,(H,2,3). The first-order valence-electron chi connectivity index (χ1n) is 5.42. The smallest absolute Gasteiger partial charge is 0.290 e. The Labute approximate surface area is 102 Å². The summed E-state index contributed by atoms with van der Waals surface area (Å²) in [6.07, 6.45) is 2.39. The predicted molar refractivity (Wildman–Crippen MR) is 66.4 cm³/mol. The Morgan fingerprint density at radius 1 is 1.47 bits per heavy atom. The molecule has 0 fully saturated rings. The molecule has 0 rings (SSSR count). The number of aliphatic hydroxyl groups is 1. The van der Waals surface area contributed by atoms with E-state index in [1.807, 2.05) is 0 Å². The molecule has 7 heteroatoms. The monoisotopic (exact) mass is 251 g/mol. The lowest BCUT2D eigenvalue weighted by molar-refractivity contribution is -0.123. The van der Waals surface area contributed by atoms with Gasteiger partial charge in [-0.3, -0.25) is 9.59 Å². The molecule has 0 aromatic rings. The van der Waals surface area contributed by atoms with Crippen LogP contribution in [-0.4, -0.2) is 48.3 Å². The number of hydrogen-bond donors (Lipinski definition) is 5. The fraction of sp³-hybridized carbons (Fsp3) is 0.800. The van der Waals surface area contributed by atoms with Gasteiger partial charge >= 0.3 is 0 Å². The van der Waals surface area contributed by atoms with Crippen LogP contribution in [0, 0.1) is 0 Å². The number of unbranched alkanes of at least 4 members (excludes halogenated alkanes) is 1. The molecule has 17 heavy (non-hydrogen) atoms. The summed E-state index contributed by atoms with van der Waals surface area (Å²) in [5.74, 6) is -0.239. The molecule has 0 aliphatic carbocycles. The molecule has 0 heterocycles. The van der Waals surface area contributed by atoms with E-state index in [-0.39, 0.29) is 31.6 Å². The summed E-state index contributed by atoms with van der Waals surface area (Å²) in [5.41, 5.74) is 10.1. The minimum Gasteiger partial charge on any atom is -0.483 e. The number of carbonyl (C=O) groups is 2. The van der Waals surface area contributed by atoms with Gasteiger partial charge in [0.15, 0.2) is 0 Å². The Bertz CT molecular complexity index is 166. The van der Waals surface area contributed by atoms with Crippen LogP contribution >= 0.6 is 0 Å². The van der Waals surface area contributed by atoms with Crippen LogP contribution in [0.2, 0.25) is 0 Å². The van der Waals surface area contributed by atoms with Crippen molar-refractivity contribution in [2.45, 2.75) is 32.7 Å². The van der Waals surface area contributed by atoms with Gasteiger partial charge in [0, 0.05) is 6.04 Å². The number of carbonyl (C=O) groups excluding carboxylic acids is 1. The lowest BCUT2D eigenvalue weighted by atomic mass is 10.3. The third-order valence-electron chi connectivity index (χ3n) is 1.42. The Morgan fingerprint density at radius 3 is 2.12 bits per heavy atom. The fourth-order valence-electron chi connectivity index (χ4n) is 0.584. The molecule has 0 saturated heterocycles. The van der Waals surface area contributed by atoms with Crippen molar-refractivity contribution in [3.05, 3.63) is 0 Å². The Balaban J connectivity index is -0.000000207. The molecular weight excluding hydrogens is 226 g/mol. The van der Waals surface area contributed by atoms with Gasteiger partial charge in [0.25, 0.3) is 6.47 Å². The zero-order chi connectivity index (χ0) is 14.1. The number of hydrogen-bond acceptors (Lipinski definition) is 5. The largest absolute Gasteiger partial charge is 0.483 e. The van der Waals surface area contributed by atoms with E-state index in [0.29, 0.717) is 0 Å². The minimum atomic E-state index is -0.250. The van der Waals surface area contributed by atoms with E-state index in [9.17, 15) is 4.79 Å². The van der Waals surface area contributed by atoms with Gasteiger partial charge in [-0.05, 0) is 19.9 Å². The van der Waals surface area contributed by atoms with Gasteiger partial charge in [-0.2, -0.15) is 0 Å². The highest BCUT2D eigenvalue weighted by Crippen LogP contribution is 1.77. The molecular formula is C10H25N3O4. The topological polar surface area (TPSA) is 139 Å². The lowest BCUT2D eigenvalue weighted by Crippen LogP contribution is -2.38. The Morgan fingerprint density at radius 2 is 1.94 bits per heavy atom. The van der Waals surface area contributed by atoms with E-state index in [1.165, 1.54) is 12.8 Å². The van der Waals surface area contributed by atoms with Gasteiger partial charge in [-0.15, -0.1) is 0 Å². The van der Waals surface area contributed by atoms with Crippen molar-refractivity contribution in [3.63, 3.8) is 0 Å². The molecule has 0 aliphatic rings. The van der Waals surface area contributed by atoms with Gasteiger partial charge in [-0.25, -0.2) is 0 Å². The van der Waals surface area contributed by atoms with Crippen LogP contribution in [0.5, 0.6) is 0 Å². The van der Waals surface area contributed by atoms with Crippen molar-refractivity contribution < 1.29 is 19.8 Å². The van der Waals surface area contributed by atoms with Crippen LogP contribution in [0.1, 0.15) is 26.7 Å². The predicted octanol–water partition coefficient (Wildman–Crippen LogP) is -1.11.